The van der Waals surface area contributed by atoms with Crippen LogP contribution in [0, 0.1) is 12.7 Å². The van der Waals surface area contributed by atoms with Crippen molar-refractivity contribution >= 4 is 6.03 Å². The number of halogens is 1. The molecule has 2 amide bonds. The maximum Gasteiger partial charge on any atom is 0.315 e. The van der Waals surface area contributed by atoms with Gasteiger partial charge < -0.3 is 15.4 Å². The number of carbonyl (C=O) groups is 1. The van der Waals surface area contributed by atoms with Gasteiger partial charge in [-0.25, -0.2) is 9.18 Å². The fourth-order valence-corrected chi connectivity index (χ4v) is 2.30. The largest absolute Gasteiger partial charge is 0.375 e. The first-order valence-electron chi connectivity index (χ1n) is 7.44. The molecule has 0 bridgehead atoms. The molecule has 4 nitrogen and oxygen atoms in total. The Labute approximate surface area is 135 Å². The van der Waals surface area contributed by atoms with Gasteiger partial charge in [0.25, 0.3) is 0 Å². The number of urea groups is 1. The van der Waals surface area contributed by atoms with E-state index in [2.05, 4.69) is 10.6 Å². The quantitative estimate of drug-likeness (QED) is 0.859. The molecule has 23 heavy (non-hydrogen) atoms. The second kappa shape index (κ2) is 8.29. The number of rotatable bonds is 6. The molecule has 0 aromatic heterocycles. The van der Waals surface area contributed by atoms with Crippen LogP contribution in [0.5, 0.6) is 0 Å². The lowest BCUT2D eigenvalue weighted by Gasteiger charge is -2.18. The Hall–Kier alpha value is -2.40. The van der Waals surface area contributed by atoms with Gasteiger partial charge in [-0.3, -0.25) is 0 Å². The summed E-state index contributed by atoms with van der Waals surface area (Å²) in [7, 11) is 1.62. The highest BCUT2D eigenvalue weighted by Gasteiger charge is 2.13. The highest BCUT2D eigenvalue weighted by molar-refractivity contribution is 5.73. The molecule has 1 atom stereocenters. The van der Waals surface area contributed by atoms with E-state index in [0.717, 1.165) is 16.7 Å². The summed E-state index contributed by atoms with van der Waals surface area (Å²) in [4.78, 5) is 11.9. The van der Waals surface area contributed by atoms with E-state index in [0.29, 0.717) is 13.1 Å². The lowest BCUT2D eigenvalue weighted by molar-refractivity contribution is 0.103. The maximum atomic E-state index is 12.8. The molecule has 0 aliphatic carbocycles. The van der Waals surface area contributed by atoms with Crippen molar-refractivity contribution in [1.82, 2.24) is 10.6 Å². The molecule has 0 unspecified atom stereocenters. The fourth-order valence-electron chi connectivity index (χ4n) is 2.30. The van der Waals surface area contributed by atoms with Crippen molar-refractivity contribution in [2.24, 2.45) is 0 Å². The summed E-state index contributed by atoms with van der Waals surface area (Å²) in [6.45, 7) is 2.72. The van der Waals surface area contributed by atoms with Gasteiger partial charge in [-0.1, -0.05) is 36.4 Å². The van der Waals surface area contributed by atoms with Crippen molar-refractivity contribution < 1.29 is 13.9 Å². The Morgan fingerprint density at radius 3 is 2.48 bits per heavy atom. The molecule has 0 radical (unpaired) electrons. The number of carbonyl (C=O) groups excluding carboxylic acids is 1. The molecule has 2 N–H and O–H groups in total. The Kier molecular flexibility index (Phi) is 6.11. The van der Waals surface area contributed by atoms with Crippen molar-refractivity contribution in [3.8, 4) is 0 Å². The first kappa shape index (κ1) is 17.0. The minimum absolute atomic E-state index is 0.201. The number of amides is 2. The number of aryl methyl sites for hydroxylation is 1. The summed E-state index contributed by atoms with van der Waals surface area (Å²) >= 11 is 0. The summed E-state index contributed by atoms with van der Waals surface area (Å²) in [5.74, 6) is -0.292. The van der Waals surface area contributed by atoms with Crippen molar-refractivity contribution in [3.63, 3.8) is 0 Å². The van der Waals surface area contributed by atoms with Gasteiger partial charge in [-0.2, -0.15) is 0 Å². The summed E-state index contributed by atoms with van der Waals surface area (Å²) < 4.78 is 18.3. The molecule has 0 heterocycles. The zero-order chi connectivity index (χ0) is 16.7. The van der Waals surface area contributed by atoms with Crippen LogP contribution < -0.4 is 10.6 Å². The summed E-state index contributed by atoms with van der Waals surface area (Å²) in [5.41, 5.74) is 3.01. The Morgan fingerprint density at radius 1 is 1.13 bits per heavy atom. The minimum atomic E-state index is -0.292. The second-order valence-electron chi connectivity index (χ2n) is 5.27. The highest BCUT2D eigenvalue weighted by Crippen LogP contribution is 2.19. The van der Waals surface area contributed by atoms with Crippen molar-refractivity contribution in [2.45, 2.75) is 19.6 Å². The van der Waals surface area contributed by atoms with E-state index in [9.17, 15) is 9.18 Å². The molecule has 2 rings (SSSR count). The molecule has 2 aromatic rings. The van der Waals surface area contributed by atoms with Crippen LogP contribution in [0.15, 0.2) is 48.5 Å². The molecule has 0 saturated heterocycles. The molecule has 0 fully saturated rings. The van der Waals surface area contributed by atoms with Crippen LogP contribution in [-0.2, 0) is 11.3 Å². The maximum absolute atomic E-state index is 12.8. The standard InChI is InChI=1S/C18H21FN2O2/c1-13-5-3-4-6-16(13)17(23-2)12-21-18(22)20-11-14-7-9-15(19)10-8-14/h3-10,17H,11-12H2,1-2H3,(H2,20,21,22)/t17-/m1/s1. The fraction of sp³-hybridized carbons (Fsp3) is 0.278. The predicted octanol–water partition coefficient (Wildman–Crippen LogP) is 3.32. The van der Waals surface area contributed by atoms with Gasteiger partial charge in [0.05, 0.1) is 6.10 Å². The average Bonchev–Trinajstić information content (AvgIpc) is 2.56. The van der Waals surface area contributed by atoms with Crippen LogP contribution >= 0.6 is 0 Å². The van der Waals surface area contributed by atoms with Gasteiger partial charge in [0.1, 0.15) is 5.82 Å². The van der Waals surface area contributed by atoms with E-state index in [4.69, 9.17) is 4.74 Å². The van der Waals surface area contributed by atoms with Gasteiger partial charge in [-0.15, -0.1) is 0 Å². The molecule has 0 saturated carbocycles. The third-order valence-electron chi connectivity index (χ3n) is 3.63. The van der Waals surface area contributed by atoms with Gasteiger partial charge >= 0.3 is 6.03 Å². The average molecular weight is 316 g/mol. The van der Waals surface area contributed by atoms with Gasteiger partial charge in [-0.05, 0) is 35.7 Å². The first-order chi connectivity index (χ1) is 11.1. The number of nitrogens with one attached hydrogen (secondary N) is 2. The molecular formula is C18H21FN2O2. The third kappa shape index (κ3) is 5.07. The zero-order valence-corrected chi connectivity index (χ0v) is 13.3. The minimum Gasteiger partial charge on any atom is -0.375 e. The van der Waals surface area contributed by atoms with E-state index in [1.54, 1.807) is 19.2 Å². The van der Waals surface area contributed by atoms with Crippen LogP contribution in [0.4, 0.5) is 9.18 Å². The molecule has 0 spiro atoms. The monoisotopic (exact) mass is 316 g/mol. The Morgan fingerprint density at radius 2 is 1.83 bits per heavy atom. The van der Waals surface area contributed by atoms with Gasteiger partial charge in [0.2, 0.25) is 0 Å². The molecule has 122 valence electrons. The van der Waals surface area contributed by atoms with Gasteiger partial charge in [0.15, 0.2) is 0 Å². The summed E-state index contributed by atoms with van der Waals surface area (Å²) in [6, 6.07) is 13.6. The van der Waals surface area contributed by atoms with Crippen LogP contribution in [0.25, 0.3) is 0 Å². The number of hydrogen-bond acceptors (Lipinski definition) is 2. The second-order valence-corrected chi connectivity index (χ2v) is 5.27. The van der Waals surface area contributed by atoms with Crippen LogP contribution in [0.3, 0.4) is 0 Å². The number of benzene rings is 2. The van der Waals surface area contributed by atoms with Crippen molar-refractivity contribution in [1.29, 1.82) is 0 Å². The van der Waals surface area contributed by atoms with Crippen molar-refractivity contribution in [2.75, 3.05) is 13.7 Å². The van der Waals surface area contributed by atoms with E-state index in [1.807, 2.05) is 31.2 Å². The number of hydrogen-bond donors (Lipinski definition) is 2. The predicted molar refractivity (Wildman–Crippen MR) is 87.6 cm³/mol. The summed E-state index contributed by atoms with van der Waals surface area (Å²) in [5, 5.41) is 5.53. The topological polar surface area (TPSA) is 50.4 Å². The summed E-state index contributed by atoms with van der Waals surface area (Å²) in [6.07, 6.45) is -0.201. The van der Waals surface area contributed by atoms with E-state index in [-0.39, 0.29) is 18.0 Å². The van der Waals surface area contributed by atoms with Gasteiger partial charge in [0, 0.05) is 20.2 Å². The van der Waals surface area contributed by atoms with E-state index >= 15 is 0 Å². The number of ether oxygens (including phenoxy) is 1. The number of methoxy groups -OCH3 is 1. The smallest absolute Gasteiger partial charge is 0.315 e. The normalized spacial score (nSPS) is 11.8. The zero-order valence-electron chi connectivity index (χ0n) is 13.3. The molecule has 0 aliphatic rings. The third-order valence-corrected chi connectivity index (χ3v) is 3.63. The molecule has 0 aliphatic heterocycles. The van der Waals surface area contributed by atoms with E-state index < -0.39 is 0 Å². The SMILES string of the molecule is CO[C@H](CNC(=O)NCc1ccc(F)cc1)c1ccccc1C. The molecular weight excluding hydrogens is 295 g/mol. The first-order valence-corrected chi connectivity index (χ1v) is 7.44. The van der Waals surface area contributed by atoms with Crippen LogP contribution in [0.2, 0.25) is 0 Å². The lowest BCUT2D eigenvalue weighted by atomic mass is 10.0. The lowest BCUT2D eigenvalue weighted by Crippen LogP contribution is -2.37. The van der Waals surface area contributed by atoms with Crippen LogP contribution in [0.1, 0.15) is 22.8 Å². The molecule has 5 heteroatoms. The van der Waals surface area contributed by atoms with E-state index in [1.165, 1.54) is 12.1 Å². The molecule has 2 aromatic carbocycles. The van der Waals surface area contributed by atoms with Crippen LogP contribution in [-0.4, -0.2) is 19.7 Å². The Bertz CT molecular complexity index is 644. The van der Waals surface area contributed by atoms with Crippen molar-refractivity contribution in [3.05, 3.63) is 71.0 Å². The highest BCUT2D eigenvalue weighted by atomic mass is 19.1. The Balaban J connectivity index is 1.83.